The molecule has 2 nitrogen and oxygen atoms in total. The summed E-state index contributed by atoms with van der Waals surface area (Å²) in [5.41, 5.74) is 0. The second-order valence-corrected chi connectivity index (χ2v) is 3.54. The molecule has 0 fully saturated rings. The number of rotatable bonds is 6. The normalized spacial score (nSPS) is 16.4. The maximum atomic E-state index is 5.42. The monoisotopic (exact) mass is 173 g/mol. The highest BCUT2D eigenvalue weighted by molar-refractivity contribution is 6.18. The average Bonchev–Trinajstić information content (AvgIpc) is 2.04. The van der Waals surface area contributed by atoms with Gasteiger partial charge in [0, 0.05) is 0 Å². The molecule has 0 rings (SSSR count). The van der Waals surface area contributed by atoms with E-state index in [2.05, 4.69) is 27.7 Å². The lowest BCUT2D eigenvalue weighted by molar-refractivity contribution is 0.131. The Balaban J connectivity index is 3.13. The fourth-order valence-electron chi connectivity index (χ4n) is 0.414. The summed E-state index contributed by atoms with van der Waals surface area (Å²) < 4.78 is 10.8. The molecule has 66 valence electrons. The molecule has 0 aliphatic rings. The van der Waals surface area contributed by atoms with Gasteiger partial charge in [-0.2, -0.15) is 0 Å². The minimum absolute atomic E-state index is 0.250. The zero-order chi connectivity index (χ0) is 8.69. The Hall–Kier alpha value is 0.452. The van der Waals surface area contributed by atoms with Gasteiger partial charge in [-0.3, -0.25) is 0 Å². The average molecular weight is 173 g/mol. The molecule has 0 spiro atoms. The van der Waals surface area contributed by atoms with Crippen LogP contribution in [0.2, 0.25) is 0 Å². The molecule has 2 radical (unpaired) electrons. The van der Waals surface area contributed by atoms with E-state index in [1.54, 1.807) is 0 Å². The van der Waals surface area contributed by atoms with E-state index in [1.807, 2.05) is 0 Å². The van der Waals surface area contributed by atoms with Gasteiger partial charge in [-0.05, 0) is 38.9 Å². The van der Waals surface area contributed by atoms with Gasteiger partial charge < -0.3 is 7.58 Å². The van der Waals surface area contributed by atoms with Gasteiger partial charge in [-0.25, -0.2) is 0 Å². The van der Waals surface area contributed by atoms with Crippen LogP contribution in [0.5, 0.6) is 0 Å². The summed E-state index contributed by atoms with van der Waals surface area (Å²) in [5, 5.41) is 0. The predicted molar refractivity (Wildman–Crippen MR) is 47.4 cm³/mol. The van der Waals surface area contributed by atoms with Crippen LogP contribution in [0.4, 0.5) is 0 Å². The van der Waals surface area contributed by atoms with E-state index in [4.69, 9.17) is 7.58 Å². The van der Waals surface area contributed by atoms with Gasteiger partial charge in [0.15, 0.2) is 0 Å². The quantitative estimate of drug-likeness (QED) is 0.573. The first kappa shape index (κ1) is 11.5. The Morgan fingerprint density at radius 2 is 1.36 bits per heavy atom. The lowest BCUT2D eigenvalue weighted by Crippen LogP contribution is -2.17. The van der Waals surface area contributed by atoms with Gasteiger partial charge in [-0.15, -0.1) is 0 Å². The molecule has 0 aliphatic heterocycles. The molecule has 0 N–H and O–H groups in total. The molecule has 0 aliphatic carbocycles. The molecule has 2 atom stereocenters. The van der Waals surface area contributed by atoms with Gasteiger partial charge in [0.25, 0.3) is 0 Å². The van der Waals surface area contributed by atoms with Crippen molar-refractivity contribution < 1.29 is 7.58 Å². The standard InChI is InChI=1S/2C4H9O.Al/c2*1-3-4(2)5;/h2*4H,3H2,1-2H3;/q2*-1;+1. The molecular formula is C8H18AlO2-. The Morgan fingerprint density at radius 3 is 1.64 bits per heavy atom. The molecule has 0 heterocycles. The van der Waals surface area contributed by atoms with Gasteiger partial charge in [0.2, 0.25) is 0 Å². The van der Waals surface area contributed by atoms with Crippen molar-refractivity contribution >= 4 is 15.9 Å². The first-order chi connectivity index (χ1) is 5.20. The highest BCUT2D eigenvalue weighted by atomic mass is 27.2. The first-order valence-corrected chi connectivity index (χ1v) is 5.27. The van der Waals surface area contributed by atoms with Crippen molar-refractivity contribution in [2.45, 2.75) is 52.7 Å². The SMILES string of the molecule is CCC(C)[O][Al-][O]C(C)CC. The molecule has 3 heteroatoms. The number of hydrogen-bond donors (Lipinski definition) is 0. The molecule has 11 heavy (non-hydrogen) atoms. The Kier molecular flexibility index (Phi) is 7.41. The van der Waals surface area contributed by atoms with Gasteiger partial charge in [0.05, 0.1) is 0 Å². The van der Waals surface area contributed by atoms with Crippen molar-refractivity contribution in [1.82, 2.24) is 0 Å². The van der Waals surface area contributed by atoms with Crippen molar-refractivity contribution in [3.8, 4) is 0 Å². The Bertz CT molecular complexity index is 78.2. The van der Waals surface area contributed by atoms with Crippen molar-refractivity contribution in [2.75, 3.05) is 0 Å². The molecule has 0 aromatic carbocycles. The lowest BCUT2D eigenvalue weighted by Gasteiger charge is -2.28. The van der Waals surface area contributed by atoms with Crippen molar-refractivity contribution in [3.05, 3.63) is 0 Å². The minimum Gasteiger partial charge on any atom is -0.677 e. The van der Waals surface area contributed by atoms with Crippen molar-refractivity contribution in [1.29, 1.82) is 0 Å². The third-order valence-electron chi connectivity index (χ3n) is 1.73. The summed E-state index contributed by atoms with van der Waals surface area (Å²) in [6, 6.07) is 0. The van der Waals surface area contributed by atoms with Crippen molar-refractivity contribution in [3.63, 3.8) is 0 Å². The minimum atomic E-state index is -0.250. The van der Waals surface area contributed by atoms with Crippen LogP contribution in [-0.4, -0.2) is 28.1 Å². The van der Waals surface area contributed by atoms with Crippen molar-refractivity contribution in [2.24, 2.45) is 0 Å². The lowest BCUT2D eigenvalue weighted by atomic mass is 10.3. The van der Waals surface area contributed by atoms with E-state index >= 15 is 0 Å². The Labute approximate surface area is 76.7 Å². The van der Waals surface area contributed by atoms with E-state index in [0.717, 1.165) is 12.8 Å². The first-order valence-electron chi connectivity index (χ1n) is 4.33. The summed E-state index contributed by atoms with van der Waals surface area (Å²) in [6.45, 7) is 8.39. The second kappa shape index (κ2) is 7.12. The molecule has 0 aromatic heterocycles. The van der Waals surface area contributed by atoms with E-state index in [0.29, 0.717) is 12.2 Å². The summed E-state index contributed by atoms with van der Waals surface area (Å²) in [4.78, 5) is 0. The molecule has 0 saturated heterocycles. The van der Waals surface area contributed by atoms with Gasteiger partial charge in [0.1, 0.15) is 15.9 Å². The molecular weight excluding hydrogens is 155 g/mol. The summed E-state index contributed by atoms with van der Waals surface area (Å²) >= 11 is -0.250. The Morgan fingerprint density at radius 1 is 1.00 bits per heavy atom. The zero-order valence-electron chi connectivity index (χ0n) is 7.96. The van der Waals surface area contributed by atoms with Crippen LogP contribution in [0.1, 0.15) is 40.5 Å². The maximum Gasteiger partial charge on any atom is 0.136 e. The van der Waals surface area contributed by atoms with E-state index < -0.39 is 0 Å². The number of hydrogen-bond acceptors (Lipinski definition) is 2. The van der Waals surface area contributed by atoms with Crippen LogP contribution in [0.25, 0.3) is 0 Å². The van der Waals surface area contributed by atoms with Crippen LogP contribution >= 0.6 is 0 Å². The fraction of sp³-hybridized carbons (Fsp3) is 1.00. The zero-order valence-corrected chi connectivity index (χ0v) is 9.12. The highest BCUT2D eigenvalue weighted by Gasteiger charge is 1.91. The fourth-order valence-corrected chi connectivity index (χ4v) is 1.24. The molecule has 0 saturated carbocycles. The van der Waals surface area contributed by atoms with Gasteiger partial charge >= 0.3 is 0 Å². The topological polar surface area (TPSA) is 18.5 Å². The molecule has 2 unspecified atom stereocenters. The van der Waals surface area contributed by atoms with Gasteiger partial charge in [-0.1, -0.05) is 13.8 Å². The predicted octanol–water partition coefficient (Wildman–Crippen LogP) is 2.15. The van der Waals surface area contributed by atoms with Crippen LogP contribution in [0, 0.1) is 0 Å². The maximum absolute atomic E-state index is 5.42. The van der Waals surface area contributed by atoms with Crippen LogP contribution in [-0.2, 0) is 7.58 Å². The summed E-state index contributed by atoms with van der Waals surface area (Å²) in [7, 11) is 0. The molecule has 0 amide bonds. The van der Waals surface area contributed by atoms with Crippen LogP contribution in [0.15, 0.2) is 0 Å². The molecule has 0 aromatic rings. The van der Waals surface area contributed by atoms with Crippen LogP contribution in [0.3, 0.4) is 0 Å². The molecule has 0 bridgehead atoms. The third kappa shape index (κ3) is 6.84. The van der Waals surface area contributed by atoms with E-state index in [-0.39, 0.29) is 15.9 Å². The summed E-state index contributed by atoms with van der Waals surface area (Å²) in [5.74, 6) is 0. The van der Waals surface area contributed by atoms with Crippen LogP contribution < -0.4 is 0 Å². The second-order valence-electron chi connectivity index (χ2n) is 2.81. The van der Waals surface area contributed by atoms with E-state index in [9.17, 15) is 0 Å². The highest BCUT2D eigenvalue weighted by Crippen LogP contribution is 1.98. The summed E-state index contributed by atoms with van der Waals surface area (Å²) in [6.07, 6.45) is 2.84. The smallest absolute Gasteiger partial charge is 0.136 e. The van der Waals surface area contributed by atoms with E-state index in [1.165, 1.54) is 0 Å². The third-order valence-corrected chi connectivity index (χ3v) is 2.88. The largest absolute Gasteiger partial charge is 0.677 e.